The van der Waals surface area contributed by atoms with E-state index in [0.29, 0.717) is 5.56 Å². The molecule has 1 aromatic rings. The standard InChI is InChI=1S/C12H13BrO2/c1-9-5-6-10(4-3-7-13)8-11(9)12(14)15-2/h3-6,8H,7H2,1-2H3. The van der Waals surface area contributed by atoms with E-state index in [-0.39, 0.29) is 5.97 Å². The van der Waals surface area contributed by atoms with Gasteiger partial charge in [0, 0.05) is 5.33 Å². The molecule has 0 N–H and O–H groups in total. The molecule has 0 aliphatic carbocycles. The van der Waals surface area contributed by atoms with E-state index in [1.165, 1.54) is 7.11 Å². The predicted octanol–water partition coefficient (Wildman–Crippen LogP) is 3.19. The normalized spacial score (nSPS) is 10.6. The maximum Gasteiger partial charge on any atom is 0.338 e. The van der Waals surface area contributed by atoms with Gasteiger partial charge in [0.25, 0.3) is 0 Å². The van der Waals surface area contributed by atoms with Crippen LogP contribution in [0.1, 0.15) is 21.5 Å². The van der Waals surface area contributed by atoms with Crippen molar-refractivity contribution in [2.24, 2.45) is 0 Å². The largest absolute Gasteiger partial charge is 0.465 e. The monoisotopic (exact) mass is 268 g/mol. The second kappa shape index (κ2) is 5.71. The molecule has 0 amide bonds. The van der Waals surface area contributed by atoms with Crippen molar-refractivity contribution >= 4 is 28.0 Å². The fourth-order valence-corrected chi connectivity index (χ4v) is 1.44. The number of aryl methyl sites for hydroxylation is 1. The third kappa shape index (κ3) is 3.20. The van der Waals surface area contributed by atoms with E-state index < -0.39 is 0 Å². The summed E-state index contributed by atoms with van der Waals surface area (Å²) in [5.41, 5.74) is 2.55. The SMILES string of the molecule is COC(=O)c1cc(C=CCBr)ccc1C. The van der Waals surface area contributed by atoms with Crippen LogP contribution in [0.2, 0.25) is 0 Å². The number of alkyl halides is 1. The summed E-state index contributed by atoms with van der Waals surface area (Å²) in [5.74, 6) is -0.290. The molecule has 0 fully saturated rings. The Hall–Kier alpha value is -1.09. The molecule has 0 aliphatic heterocycles. The molecule has 80 valence electrons. The van der Waals surface area contributed by atoms with Crippen molar-refractivity contribution in [3.8, 4) is 0 Å². The number of carbonyl (C=O) groups is 1. The van der Waals surface area contributed by atoms with Gasteiger partial charge in [-0.3, -0.25) is 0 Å². The highest BCUT2D eigenvalue weighted by atomic mass is 79.9. The summed E-state index contributed by atoms with van der Waals surface area (Å²) in [6.07, 6.45) is 3.94. The van der Waals surface area contributed by atoms with Crippen molar-refractivity contribution < 1.29 is 9.53 Å². The Labute approximate surface area is 98.1 Å². The summed E-state index contributed by atoms with van der Waals surface area (Å²) in [4.78, 5) is 11.4. The van der Waals surface area contributed by atoms with Gasteiger partial charge in [0.1, 0.15) is 0 Å². The van der Waals surface area contributed by atoms with Gasteiger partial charge in [-0.1, -0.05) is 40.2 Å². The average Bonchev–Trinajstić information content (AvgIpc) is 2.27. The number of benzene rings is 1. The summed E-state index contributed by atoms with van der Waals surface area (Å²) < 4.78 is 4.70. The van der Waals surface area contributed by atoms with Crippen LogP contribution >= 0.6 is 15.9 Å². The maximum absolute atomic E-state index is 11.4. The lowest BCUT2D eigenvalue weighted by Crippen LogP contribution is -2.03. The number of methoxy groups -OCH3 is 1. The number of allylic oxidation sites excluding steroid dienone is 1. The minimum Gasteiger partial charge on any atom is -0.465 e. The molecule has 0 saturated heterocycles. The highest BCUT2D eigenvalue weighted by Gasteiger charge is 2.08. The number of esters is 1. The average molecular weight is 269 g/mol. The molecule has 1 aromatic carbocycles. The molecule has 0 bridgehead atoms. The van der Waals surface area contributed by atoms with Crippen molar-refractivity contribution in [2.45, 2.75) is 6.92 Å². The molecular weight excluding hydrogens is 256 g/mol. The lowest BCUT2D eigenvalue weighted by atomic mass is 10.0. The van der Waals surface area contributed by atoms with Crippen molar-refractivity contribution in [3.63, 3.8) is 0 Å². The molecule has 3 heteroatoms. The Morgan fingerprint density at radius 2 is 2.27 bits per heavy atom. The Bertz CT molecular complexity index is 383. The number of hydrogen-bond donors (Lipinski definition) is 0. The third-order valence-corrected chi connectivity index (χ3v) is 2.44. The van der Waals surface area contributed by atoms with Gasteiger partial charge in [-0.25, -0.2) is 4.79 Å². The quantitative estimate of drug-likeness (QED) is 0.622. The van der Waals surface area contributed by atoms with Gasteiger partial charge >= 0.3 is 5.97 Å². The molecule has 0 aliphatic rings. The minimum atomic E-state index is -0.290. The Kier molecular flexibility index (Phi) is 4.56. The molecule has 0 aromatic heterocycles. The fourth-order valence-electron chi connectivity index (χ4n) is 1.25. The Morgan fingerprint density at radius 1 is 1.53 bits per heavy atom. The number of rotatable bonds is 3. The third-order valence-electron chi connectivity index (χ3n) is 2.07. The van der Waals surface area contributed by atoms with E-state index in [0.717, 1.165) is 16.5 Å². The van der Waals surface area contributed by atoms with Crippen LogP contribution in [0.4, 0.5) is 0 Å². The smallest absolute Gasteiger partial charge is 0.338 e. The number of carbonyl (C=O) groups excluding carboxylic acids is 1. The predicted molar refractivity (Wildman–Crippen MR) is 65.3 cm³/mol. The van der Waals surface area contributed by atoms with E-state index in [2.05, 4.69) is 15.9 Å². The molecule has 0 atom stereocenters. The molecule has 0 heterocycles. The first kappa shape index (κ1) is 12.0. The van der Waals surface area contributed by atoms with Crippen LogP contribution in [-0.2, 0) is 4.74 Å². The topological polar surface area (TPSA) is 26.3 Å². The van der Waals surface area contributed by atoms with E-state index in [1.807, 2.05) is 37.3 Å². The van der Waals surface area contributed by atoms with Gasteiger partial charge in [-0.05, 0) is 24.1 Å². The molecule has 0 unspecified atom stereocenters. The van der Waals surface area contributed by atoms with Crippen LogP contribution in [0.25, 0.3) is 6.08 Å². The highest BCUT2D eigenvalue weighted by Crippen LogP contribution is 2.13. The van der Waals surface area contributed by atoms with E-state index >= 15 is 0 Å². The summed E-state index contributed by atoms with van der Waals surface area (Å²) >= 11 is 3.30. The number of halogens is 1. The van der Waals surface area contributed by atoms with E-state index in [1.54, 1.807) is 0 Å². The van der Waals surface area contributed by atoms with Crippen molar-refractivity contribution in [1.29, 1.82) is 0 Å². The van der Waals surface area contributed by atoms with Gasteiger partial charge < -0.3 is 4.74 Å². The van der Waals surface area contributed by atoms with Crippen LogP contribution in [0.3, 0.4) is 0 Å². The first-order chi connectivity index (χ1) is 7.19. The molecule has 15 heavy (non-hydrogen) atoms. The molecule has 0 spiro atoms. The van der Waals surface area contributed by atoms with Crippen molar-refractivity contribution in [2.75, 3.05) is 12.4 Å². The van der Waals surface area contributed by atoms with Crippen LogP contribution in [0.15, 0.2) is 24.3 Å². The van der Waals surface area contributed by atoms with E-state index in [9.17, 15) is 4.79 Å². The van der Waals surface area contributed by atoms with Crippen LogP contribution in [-0.4, -0.2) is 18.4 Å². The van der Waals surface area contributed by atoms with Gasteiger partial charge in [0.2, 0.25) is 0 Å². The summed E-state index contributed by atoms with van der Waals surface area (Å²) in [6.45, 7) is 1.89. The van der Waals surface area contributed by atoms with Gasteiger partial charge in [0.15, 0.2) is 0 Å². The first-order valence-electron chi connectivity index (χ1n) is 4.60. The zero-order valence-electron chi connectivity index (χ0n) is 8.79. The lowest BCUT2D eigenvalue weighted by molar-refractivity contribution is 0.0600. The van der Waals surface area contributed by atoms with Crippen LogP contribution in [0.5, 0.6) is 0 Å². The van der Waals surface area contributed by atoms with Gasteiger partial charge in [0.05, 0.1) is 12.7 Å². The molecule has 2 nitrogen and oxygen atoms in total. The Morgan fingerprint density at radius 3 is 2.87 bits per heavy atom. The zero-order valence-corrected chi connectivity index (χ0v) is 10.4. The summed E-state index contributed by atoms with van der Waals surface area (Å²) in [6, 6.07) is 5.72. The van der Waals surface area contributed by atoms with Gasteiger partial charge in [-0.2, -0.15) is 0 Å². The maximum atomic E-state index is 11.4. The van der Waals surface area contributed by atoms with E-state index in [4.69, 9.17) is 4.74 Å². The van der Waals surface area contributed by atoms with Crippen LogP contribution < -0.4 is 0 Å². The minimum absolute atomic E-state index is 0.290. The molecule has 1 rings (SSSR count). The van der Waals surface area contributed by atoms with Crippen LogP contribution in [0, 0.1) is 6.92 Å². The second-order valence-electron chi connectivity index (χ2n) is 3.12. The second-order valence-corrected chi connectivity index (χ2v) is 3.77. The van der Waals surface area contributed by atoms with Crippen molar-refractivity contribution in [3.05, 3.63) is 41.0 Å². The Balaban J connectivity index is 3.05. The summed E-state index contributed by atoms with van der Waals surface area (Å²) in [7, 11) is 1.39. The number of hydrogen-bond acceptors (Lipinski definition) is 2. The highest BCUT2D eigenvalue weighted by molar-refractivity contribution is 9.09. The number of ether oxygens (including phenoxy) is 1. The van der Waals surface area contributed by atoms with Gasteiger partial charge in [-0.15, -0.1) is 0 Å². The first-order valence-corrected chi connectivity index (χ1v) is 5.72. The van der Waals surface area contributed by atoms with Crippen molar-refractivity contribution in [1.82, 2.24) is 0 Å². The zero-order chi connectivity index (χ0) is 11.3. The fraction of sp³-hybridized carbons (Fsp3) is 0.250. The molecule has 0 saturated carbocycles. The molecular formula is C12H13BrO2. The molecule has 0 radical (unpaired) electrons. The summed E-state index contributed by atoms with van der Waals surface area (Å²) in [5, 5.41) is 0.800. The lowest BCUT2D eigenvalue weighted by Gasteiger charge is -2.04.